The lowest BCUT2D eigenvalue weighted by Gasteiger charge is -2.32. The first-order valence-corrected chi connectivity index (χ1v) is 6.84. The first kappa shape index (κ1) is 13.6. The van der Waals surface area contributed by atoms with Gasteiger partial charge in [0.15, 0.2) is 0 Å². The van der Waals surface area contributed by atoms with Gasteiger partial charge in [-0.25, -0.2) is 0 Å². The number of H-pyrrole nitrogens is 1. The van der Waals surface area contributed by atoms with Crippen LogP contribution in [0.25, 0.3) is 10.9 Å². The third-order valence-electron chi connectivity index (χ3n) is 3.65. The highest BCUT2D eigenvalue weighted by atomic mass is 16.5. The Kier molecular flexibility index (Phi) is 3.62. The van der Waals surface area contributed by atoms with Gasteiger partial charge in [-0.15, -0.1) is 0 Å². The summed E-state index contributed by atoms with van der Waals surface area (Å²) in [5.74, 6) is -0.999. The Morgan fingerprint density at radius 1 is 1.38 bits per heavy atom. The molecular formula is C15H16N2O4. The average molecular weight is 288 g/mol. The molecule has 1 amide bonds. The summed E-state index contributed by atoms with van der Waals surface area (Å²) in [5, 5.41) is 9.71. The predicted molar refractivity (Wildman–Crippen MR) is 76.2 cm³/mol. The van der Waals surface area contributed by atoms with Crippen molar-refractivity contribution < 1.29 is 19.4 Å². The molecule has 0 bridgehead atoms. The molecule has 2 N–H and O–H groups in total. The average Bonchev–Trinajstić information content (AvgIpc) is 2.94. The molecule has 6 heteroatoms. The number of morpholine rings is 1. The number of fused-ring (bicyclic) bond motifs is 1. The fourth-order valence-corrected chi connectivity index (χ4v) is 2.66. The van der Waals surface area contributed by atoms with Crippen LogP contribution in [0, 0.1) is 0 Å². The Balaban J connectivity index is 1.81. The van der Waals surface area contributed by atoms with E-state index in [1.165, 1.54) is 0 Å². The molecule has 3 rings (SSSR count). The molecule has 1 aliphatic heterocycles. The molecule has 2 aromatic rings. The highest BCUT2D eigenvalue weighted by molar-refractivity contribution is 6.06. The summed E-state index contributed by atoms with van der Waals surface area (Å²) in [6.07, 6.45) is 1.28. The van der Waals surface area contributed by atoms with Crippen LogP contribution in [0.15, 0.2) is 30.5 Å². The van der Waals surface area contributed by atoms with Crippen LogP contribution in [0.2, 0.25) is 0 Å². The molecule has 0 aliphatic carbocycles. The highest BCUT2D eigenvalue weighted by Crippen LogP contribution is 2.20. The number of ether oxygens (including phenoxy) is 1. The van der Waals surface area contributed by atoms with Crippen LogP contribution < -0.4 is 0 Å². The normalized spacial score (nSPS) is 18.9. The molecule has 6 nitrogen and oxygen atoms in total. The van der Waals surface area contributed by atoms with E-state index >= 15 is 0 Å². The van der Waals surface area contributed by atoms with E-state index in [1.54, 1.807) is 17.2 Å². The molecule has 1 aromatic carbocycles. The number of carbonyl (C=O) groups excluding carboxylic acids is 1. The summed E-state index contributed by atoms with van der Waals surface area (Å²) in [6, 6.07) is 7.41. The largest absolute Gasteiger partial charge is 0.481 e. The number of nitrogens with one attached hydrogen (secondary N) is 1. The van der Waals surface area contributed by atoms with E-state index in [9.17, 15) is 9.59 Å². The Labute approximate surface area is 121 Å². The molecule has 1 aliphatic rings. The van der Waals surface area contributed by atoms with Crippen molar-refractivity contribution in [3.63, 3.8) is 0 Å². The van der Waals surface area contributed by atoms with Gasteiger partial charge in [0.05, 0.1) is 19.1 Å². The SMILES string of the molecule is O=C(O)C[C@H]1CN(C(=O)c2cccc3[nH]ccc23)CCO1. The molecule has 1 saturated heterocycles. The standard InChI is InChI=1S/C15H16N2O4/c18-14(19)8-10-9-17(6-7-21-10)15(20)12-2-1-3-13-11(12)4-5-16-13/h1-5,10,16H,6-9H2,(H,18,19)/t10-/m0/s1. The van der Waals surface area contributed by atoms with Crippen LogP contribution in [-0.4, -0.2) is 52.7 Å². The number of aromatic nitrogens is 1. The van der Waals surface area contributed by atoms with Crippen molar-refractivity contribution in [3.05, 3.63) is 36.0 Å². The van der Waals surface area contributed by atoms with Gasteiger partial charge < -0.3 is 19.7 Å². The van der Waals surface area contributed by atoms with Crippen molar-refractivity contribution in [3.8, 4) is 0 Å². The quantitative estimate of drug-likeness (QED) is 0.896. The summed E-state index contributed by atoms with van der Waals surface area (Å²) in [4.78, 5) is 28.2. The fraction of sp³-hybridized carbons (Fsp3) is 0.333. The van der Waals surface area contributed by atoms with E-state index in [-0.39, 0.29) is 12.3 Å². The number of carboxylic acid groups (broad SMARTS) is 1. The van der Waals surface area contributed by atoms with E-state index in [1.807, 2.05) is 18.2 Å². The van der Waals surface area contributed by atoms with Crippen LogP contribution in [0.3, 0.4) is 0 Å². The molecule has 0 radical (unpaired) electrons. The maximum absolute atomic E-state index is 12.7. The minimum Gasteiger partial charge on any atom is -0.481 e. The predicted octanol–water partition coefficient (Wildman–Crippen LogP) is 1.48. The lowest BCUT2D eigenvalue weighted by Crippen LogP contribution is -2.46. The molecule has 1 aromatic heterocycles. The zero-order chi connectivity index (χ0) is 14.8. The lowest BCUT2D eigenvalue weighted by atomic mass is 10.1. The van der Waals surface area contributed by atoms with Gasteiger partial charge in [0, 0.05) is 35.8 Å². The van der Waals surface area contributed by atoms with E-state index in [0.29, 0.717) is 25.3 Å². The van der Waals surface area contributed by atoms with Gasteiger partial charge >= 0.3 is 5.97 Å². The second-order valence-corrected chi connectivity index (χ2v) is 5.09. The summed E-state index contributed by atoms with van der Waals surface area (Å²) in [6.45, 7) is 1.16. The van der Waals surface area contributed by atoms with Gasteiger partial charge in [0.2, 0.25) is 0 Å². The van der Waals surface area contributed by atoms with E-state index < -0.39 is 12.1 Å². The Hall–Kier alpha value is -2.34. The van der Waals surface area contributed by atoms with Crippen LogP contribution in [0.1, 0.15) is 16.8 Å². The van der Waals surface area contributed by atoms with Gasteiger partial charge in [-0.3, -0.25) is 9.59 Å². The molecule has 2 heterocycles. The molecule has 0 unspecified atom stereocenters. The first-order chi connectivity index (χ1) is 10.1. The number of hydrogen-bond donors (Lipinski definition) is 2. The number of aliphatic carboxylic acids is 1. The van der Waals surface area contributed by atoms with Gasteiger partial charge in [-0.2, -0.15) is 0 Å². The van der Waals surface area contributed by atoms with Gasteiger partial charge in [-0.05, 0) is 18.2 Å². The minimum absolute atomic E-state index is 0.0844. The van der Waals surface area contributed by atoms with Crippen molar-refractivity contribution in [1.29, 1.82) is 0 Å². The highest BCUT2D eigenvalue weighted by Gasteiger charge is 2.27. The van der Waals surface area contributed by atoms with Crippen LogP contribution in [0.4, 0.5) is 0 Å². The third kappa shape index (κ3) is 2.75. The molecule has 1 fully saturated rings. The van der Waals surface area contributed by atoms with Gasteiger partial charge in [0.1, 0.15) is 0 Å². The summed E-state index contributed by atoms with van der Waals surface area (Å²) in [7, 11) is 0. The van der Waals surface area contributed by atoms with Crippen molar-refractivity contribution in [1.82, 2.24) is 9.88 Å². The number of nitrogens with zero attached hydrogens (tertiary/aromatic N) is 1. The molecule has 0 spiro atoms. The molecule has 1 atom stereocenters. The minimum atomic E-state index is -0.915. The van der Waals surface area contributed by atoms with E-state index in [2.05, 4.69) is 4.98 Å². The van der Waals surface area contributed by atoms with E-state index in [4.69, 9.17) is 9.84 Å². The smallest absolute Gasteiger partial charge is 0.306 e. The Bertz CT molecular complexity index is 679. The number of carboxylic acids is 1. The Morgan fingerprint density at radius 2 is 2.24 bits per heavy atom. The van der Waals surface area contributed by atoms with Gasteiger partial charge in [-0.1, -0.05) is 6.07 Å². The number of aromatic amines is 1. The number of amides is 1. The third-order valence-corrected chi connectivity index (χ3v) is 3.65. The van der Waals surface area contributed by atoms with Crippen molar-refractivity contribution in [2.45, 2.75) is 12.5 Å². The lowest BCUT2D eigenvalue weighted by molar-refractivity contribution is -0.141. The fourth-order valence-electron chi connectivity index (χ4n) is 2.66. The number of rotatable bonds is 3. The molecule has 0 saturated carbocycles. The molecular weight excluding hydrogens is 272 g/mol. The van der Waals surface area contributed by atoms with Crippen LogP contribution in [0.5, 0.6) is 0 Å². The molecule has 21 heavy (non-hydrogen) atoms. The zero-order valence-corrected chi connectivity index (χ0v) is 11.4. The number of benzene rings is 1. The summed E-state index contributed by atoms with van der Waals surface area (Å²) < 4.78 is 5.40. The summed E-state index contributed by atoms with van der Waals surface area (Å²) >= 11 is 0. The van der Waals surface area contributed by atoms with Crippen LogP contribution >= 0.6 is 0 Å². The second kappa shape index (κ2) is 5.57. The monoisotopic (exact) mass is 288 g/mol. The van der Waals surface area contributed by atoms with Crippen molar-refractivity contribution >= 4 is 22.8 Å². The maximum Gasteiger partial charge on any atom is 0.306 e. The van der Waals surface area contributed by atoms with Crippen molar-refractivity contribution in [2.24, 2.45) is 0 Å². The number of hydrogen-bond acceptors (Lipinski definition) is 3. The van der Waals surface area contributed by atoms with Crippen molar-refractivity contribution in [2.75, 3.05) is 19.7 Å². The summed E-state index contributed by atoms with van der Waals surface area (Å²) in [5.41, 5.74) is 1.54. The zero-order valence-electron chi connectivity index (χ0n) is 11.4. The van der Waals surface area contributed by atoms with Gasteiger partial charge in [0.25, 0.3) is 5.91 Å². The maximum atomic E-state index is 12.7. The van der Waals surface area contributed by atoms with E-state index in [0.717, 1.165) is 10.9 Å². The number of carbonyl (C=O) groups is 2. The molecule has 110 valence electrons. The topological polar surface area (TPSA) is 82.6 Å². The Morgan fingerprint density at radius 3 is 3.05 bits per heavy atom. The first-order valence-electron chi connectivity index (χ1n) is 6.84. The van der Waals surface area contributed by atoms with Crippen LogP contribution in [-0.2, 0) is 9.53 Å². The second-order valence-electron chi connectivity index (χ2n) is 5.09.